The molecular formula is C14H19N3O3. The van der Waals surface area contributed by atoms with Gasteiger partial charge in [0.05, 0.1) is 0 Å². The smallest absolute Gasteiger partial charge is 0.260 e. The fourth-order valence-corrected chi connectivity index (χ4v) is 1.97. The molecule has 0 radical (unpaired) electrons. The summed E-state index contributed by atoms with van der Waals surface area (Å²) in [6.07, 6.45) is 0.344. The lowest BCUT2D eigenvalue weighted by Gasteiger charge is -2.19. The molecule has 0 spiro atoms. The Hall–Kier alpha value is -2.08. The number of rotatable bonds is 4. The zero-order valence-electron chi connectivity index (χ0n) is 11.3. The average Bonchev–Trinajstić information content (AvgIpc) is 2.70. The number of carbonyl (C=O) groups is 2. The maximum atomic E-state index is 12.0. The van der Waals surface area contributed by atoms with Gasteiger partial charge in [-0.3, -0.25) is 9.59 Å². The van der Waals surface area contributed by atoms with Gasteiger partial charge in [-0.15, -0.1) is 0 Å². The Morgan fingerprint density at radius 2 is 2.05 bits per heavy atom. The second-order valence-electron chi connectivity index (χ2n) is 4.62. The Morgan fingerprint density at radius 3 is 2.75 bits per heavy atom. The highest BCUT2D eigenvalue weighted by molar-refractivity contribution is 5.80. The summed E-state index contributed by atoms with van der Waals surface area (Å²) in [7, 11) is 0. The fourth-order valence-electron chi connectivity index (χ4n) is 1.97. The highest BCUT2D eigenvalue weighted by atomic mass is 16.5. The quantitative estimate of drug-likeness (QED) is 0.803. The van der Waals surface area contributed by atoms with Gasteiger partial charge in [-0.05, 0) is 17.7 Å². The highest BCUT2D eigenvalue weighted by Crippen LogP contribution is 2.12. The van der Waals surface area contributed by atoms with E-state index in [0.717, 1.165) is 5.56 Å². The third-order valence-corrected chi connectivity index (χ3v) is 3.19. The van der Waals surface area contributed by atoms with Crippen LogP contribution in [0.1, 0.15) is 12.0 Å². The Morgan fingerprint density at radius 1 is 1.30 bits per heavy atom. The summed E-state index contributed by atoms with van der Waals surface area (Å²) >= 11 is 0. The molecule has 2 rings (SSSR count). The summed E-state index contributed by atoms with van der Waals surface area (Å²) in [6.45, 7) is 1.93. The normalized spacial score (nSPS) is 15.4. The van der Waals surface area contributed by atoms with Crippen molar-refractivity contribution in [2.75, 3.05) is 26.2 Å². The van der Waals surface area contributed by atoms with Crippen molar-refractivity contribution < 1.29 is 14.3 Å². The lowest BCUT2D eigenvalue weighted by molar-refractivity contribution is -0.133. The molecule has 6 heteroatoms. The maximum absolute atomic E-state index is 12.0. The van der Waals surface area contributed by atoms with Crippen LogP contribution in [0.25, 0.3) is 0 Å². The minimum absolute atomic E-state index is 0.0152. The molecule has 1 aromatic carbocycles. The van der Waals surface area contributed by atoms with Crippen LogP contribution in [0.3, 0.4) is 0 Å². The van der Waals surface area contributed by atoms with E-state index in [4.69, 9.17) is 10.5 Å². The van der Waals surface area contributed by atoms with Gasteiger partial charge in [0.2, 0.25) is 5.91 Å². The molecule has 1 fully saturated rings. The second-order valence-corrected chi connectivity index (χ2v) is 4.62. The van der Waals surface area contributed by atoms with Crippen LogP contribution in [0.2, 0.25) is 0 Å². The largest absolute Gasteiger partial charge is 0.484 e. The van der Waals surface area contributed by atoms with Crippen LogP contribution < -0.4 is 15.8 Å². The van der Waals surface area contributed by atoms with Gasteiger partial charge in [0, 0.05) is 32.6 Å². The van der Waals surface area contributed by atoms with Crippen molar-refractivity contribution in [3.05, 3.63) is 29.8 Å². The molecule has 2 amide bonds. The van der Waals surface area contributed by atoms with Crippen molar-refractivity contribution in [2.45, 2.75) is 13.0 Å². The lowest BCUT2D eigenvalue weighted by atomic mass is 10.2. The third kappa shape index (κ3) is 3.96. The summed E-state index contributed by atoms with van der Waals surface area (Å²) in [6, 6.07) is 7.33. The molecule has 0 saturated carbocycles. The van der Waals surface area contributed by atoms with Crippen molar-refractivity contribution in [1.29, 1.82) is 0 Å². The van der Waals surface area contributed by atoms with E-state index in [0.29, 0.717) is 38.3 Å². The minimum Gasteiger partial charge on any atom is -0.484 e. The van der Waals surface area contributed by atoms with Gasteiger partial charge in [-0.1, -0.05) is 12.1 Å². The minimum atomic E-state index is -0.107. The molecule has 0 atom stereocenters. The van der Waals surface area contributed by atoms with Crippen molar-refractivity contribution in [1.82, 2.24) is 10.2 Å². The van der Waals surface area contributed by atoms with E-state index in [9.17, 15) is 9.59 Å². The molecule has 0 aromatic heterocycles. The fraction of sp³-hybridized carbons (Fsp3) is 0.429. The van der Waals surface area contributed by atoms with Crippen LogP contribution >= 0.6 is 0 Å². The predicted octanol–water partition coefficient (Wildman–Crippen LogP) is -0.127. The number of nitrogens with zero attached hydrogens (tertiary/aromatic N) is 1. The predicted molar refractivity (Wildman–Crippen MR) is 74.0 cm³/mol. The first kappa shape index (κ1) is 14.3. The van der Waals surface area contributed by atoms with Gasteiger partial charge in [0.1, 0.15) is 5.75 Å². The van der Waals surface area contributed by atoms with Crippen LogP contribution in [0.4, 0.5) is 0 Å². The lowest BCUT2D eigenvalue weighted by Crippen LogP contribution is -2.37. The molecule has 1 aliphatic rings. The molecule has 108 valence electrons. The standard InChI is InChI=1S/C14H19N3O3/c15-9-11-1-3-12(4-2-11)20-10-14(19)17-7-5-13(18)16-6-8-17/h1-4H,5-10,15H2,(H,16,18). The molecule has 1 aliphatic heterocycles. The number of nitrogens with two attached hydrogens (primary N) is 1. The molecule has 1 saturated heterocycles. The molecule has 3 N–H and O–H groups in total. The molecule has 0 aliphatic carbocycles. The van der Waals surface area contributed by atoms with Crippen molar-refractivity contribution in [3.8, 4) is 5.75 Å². The maximum Gasteiger partial charge on any atom is 0.260 e. The zero-order chi connectivity index (χ0) is 14.4. The van der Waals surface area contributed by atoms with Gasteiger partial charge < -0.3 is 20.7 Å². The summed E-state index contributed by atoms with van der Waals surface area (Å²) < 4.78 is 5.45. The molecule has 20 heavy (non-hydrogen) atoms. The second kappa shape index (κ2) is 6.91. The molecule has 0 unspecified atom stereocenters. The topological polar surface area (TPSA) is 84.7 Å². The first-order valence-corrected chi connectivity index (χ1v) is 6.65. The van der Waals surface area contributed by atoms with E-state index in [2.05, 4.69) is 5.32 Å². The first-order chi connectivity index (χ1) is 9.69. The number of benzene rings is 1. The molecule has 1 heterocycles. The number of carbonyl (C=O) groups excluding carboxylic acids is 2. The number of nitrogens with one attached hydrogen (secondary N) is 1. The average molecular weight is 277 g/mol. The van der Waals surface area contributed by atoms with Gasteiger partial charge in [0.15, 0.2) is 6.61 Å². The van der Waals surface area contributed by atoms with Crippen LogP contribution in [0.15, 0.2) is 24.3 Å². The van der Waals surface area contributed by atoms with Gasteiger partial charge in [-0.25, -0.2) is 0 Å². The Bertz CT molecular complexity index is 473. The van der Waals surface area contributed by atoms with Crippen LogP contribution in [0.5, 0.6) is 5.75 Å². The molecule has 1 aromatic rings. The van der Waals surface area contributed by atoms with Crippen molar-refractivity contribution in [3.63, 3.8) is 0 Å². The van der Waals surface area contributed by atoms with Crippen molar-refractivity contribution in [2.24, 2.45) is 5.73 Å². The SMILES string of the molecule is NCc1ccc(OCC(=O)N2CCNC(=O)CC2)cc1. The highest BCUT2D eigenvalue weighted by Gasteiger charge is 2.18. The monoisotopic (exact) mass is 277 g/mol. The summed E-state index contributed by atoms with van der Waals surface area (Å²) in [4.78, 5) is 24.8. The van der Waals surface area contributed by atoms with E-state index in [1.807, 2.05) is 12.1 Å². The zero-order valence-corrected chi connectivity index (χ0v) is 11.3. The molecule has 6 nitrogen and oxygen atoms in total. The van der Waals surface area contributed by atoms with Gasteiger partial charge in [-0.2, -0.15) is 0 Å². The Labute approximate surface area is 117 Å². The third-order valence-electron chi connectivity index (χ3n) is 3.19. The van der Waals surface area contributed by atoms with E-state index >= 15 is 0 Å². The summed E-state index contributed by atoms with van der Waals surface area (Å²) in [5.41, 5.74) is 6.53. The van der Waals surface area contributed by atoms with Gasteiger partial charge in [0.25, 0.3) is 5.91 Å². The van der Waals surface area contributed by atoms with E-state index in [-0.39, 0.29) is 18.4 Å². The van der Waals surface area contributed by atoms with E-state index in [1.165, 1.54) is 0 Å². The summed E-state index contributed by atoms with van der Waals surface area (Å²) in [5.74, 6) is 0.516. The number of ether oxygens (including phenoxy) is 1. The van der Waals surface area contributed by atoms with E-state index in [1.54, 1.807) is 17.0 Å². The van der Waals surface area contributed by atoms with Crippen LogP contribution in [-0.4, -0.2) is 43.0 Å². The molecule has 0 bridgehead atoms. The Kier molecular flexibility index (Phi) is 4.95. The number of amides is 2. The van der Waals surface area contributed by atoms with Crippen LogP contribution in [-0.2, 0) is 16.1 Å². The number of hydrogen-bond acceptors (Lipinski definition) is 4. The van der Waals surface area contributed by atoms with E-state index < -0.39 is 0 Å². The Balaban J connectivity index is 1.83. The first-order valence-electron chi connectivity index (χ1n) is 6.65. The summed E-state index contributed by atoms with van der Waals surface area (Å²) in [5, 5.41) is 2.73. The van der Waals surface area contributed by atoms with Crippen LogP contribution in [0, 0.1) is 0 Å². The molecular weight excluding hydrogens is 258 g/mol. The number of hydrogen-bond donors (Lipinski definition) is 2. The van der Waals surface area contributed by atoms with Gasteiger partial charge >= 0.3 is 0 Å². The van der Waals surface area contributed by atoms with Crippen molar-refractivity contribution >= 4 is 11.8 Å².